The largest absolute Gasteiger partial charge is 0.375 e. The number of hydrogen-bond donors (Lipinski definition) is 2. The number of carbonyl (C=O) groups excluding carboxylic acids is 2. The van der Waals surface area contributed by atoms with Crippen LogP contribution in [0.2, 0.25) is 5.02 Å². The van der Waals surface area contributed by atoms with Gasteiger partial charge in [-0.15, -0.1) is 0 Å². The second-order valence-electron chi connectivity index (χ2n) is 5.36. The minimum Gasteiger partial charge on any atom is -0.375 e. The Morgan fingerprint density at radius 3 is 2.59 bits per heavy atom. The van der Waals surface area contributed by atoms with E-state index in [-0.39, 0.29) is 5.78 Å². The molecule has 0 radical (unpaired) electrons. The van der Waals surface area contributed by atoms with Crippen molar-refractivity contribution in [3.8, 4) is 0 Å². The van der Waals surface area contributed by atoms with Crippen LogP contribution in [0.5, 0.6) is 0 Å². The summed E-state index contributed by atoms with van der Waals surface area (Å²) in [5.41, 5.74) is -0.661. The first-order valence-electron chi connectivity index (χ1n) is 6.87. The van der Waals surface area contributed by atoms with Crippen LogP contribution in [0.3, 0.4) is 0 Å². The Morgan fingerprint density at radius 1 is 1.23 bits per heavy atom. The van der Waals surface area contributed by atoms with Crippen molar-refractivity contribution in [3.63, 3.8) is 0 Å². The van der Waals surface area contributed by atoms with E-state index in [4.69, 9.17) is 11.6 Å². The monoisotopic (exact) mass is 315 g/mol. The highest BCUT2D eigenvalue weighted by molar-refractivity contribution is 6.31. The molecule has 2 aromatic rings. The number of rotatable bonds is 3. The highest BCUT2D eigenvalue weighted by Gasteiger charge is 2.52. The van der Waals surface area contributed by atoms with E-state index in [2.05, 4.69) is 5.32 Å². The number of aliphatic hydroxyl groups is 1. The van der Waals surface area contributed by atoms with E-state index >= 15 is 0 Å². The summed E-state index contributed by atoms with van der Waals surface area (Å²) in [6, 6.07) is 13.4. The molecule has 0 bridgehead atoms. The van der Waals surface area contributed by atoms with E-state index < -0.39 is 17.4 Å². The van der Waals surface area contributed by atoms with Gasteiger partial charge in [0.25, 0.3) is 5.91 Å². The first kappa shape index (κ1) is 14.8. The van der Waals surface area contributed by atoms with Gasteiger partial charge in [-0.25, -0.2) is 0 Å². The van der Waals surface area contributed by atoms with Crippen LogP contribution in [0.25, 0.3) is 0 Å². The summed E-state index contributed by atoms with van der Waals surface area (Å²) in [6.45, 7) is 1.55. The molecule has 2 atom stereocenters. The molecule has 0 unspecified atom stereocenters. The third-order valence-corrected chi connectivity index (χ3v) is 4.30. The predicted molar refractivity (Wildman–Crippen MR) is 83.9 cm³/mol. The van der Waals surface area contributed by atoms with Gasteiger partial charge in [0.2, 0.25) is 0 Å². The summed E-state index contributed by atoms with van der Waals surface area (Å²) in [4.78, 5) is 24.9. The summed E-state index contributed by atoms with van der Waals surface area (Å²) in [7, 11) is 0. The van der Waals surface area contributed by atoms with E-state index in [1.807, 2.05) is 0 Å². The number of hydrogen-bond acceptors (Lipinski definition) is 3. The zero-order chi connectivity index (χ0) is 15.9. The average molecular weight is 316 g/mol. The zero-order valence-electron chi connectivity index (χ0n) is 11.8. The molecule has 0 aliphatic carbocycles. The third-order valence-electron chi connectivity index (χ3n) is 4.06. The molecule has 1 aliphatic heterocycles. The smallest absolute Gasteiger partial charge is 0.261 e. The van der Waals surface area contributed by atoms with Gasteiger partial charge in [-0.1, -0.05) is 48.9 Å². The van der Waals surface area contributed by atoms with Gasteiger partial charge in [-0.3, -0.25) is 9.59 Å². The maximum absolute atomic E-state index is 12.6. The first-order chi connectivity index (χ1) is 10.4. The number of anilines is 1. The SMILES string of the molecule is C[C@H](C(=O)c1ccccc1)[C@@]1(O)C(=O)Nc2ccc(Cl)cc21. The summed E-state index contributed by atoms with van der Waals surface area (Å²) in [5, 5.41) is 13.9. The Bertz CT molecular complexity index is 760. The Morgan fingerprint density at radius 2 is 1.91 bits per heavy atom. The van der Waals surface area contributed by atoms with Crippen LogP contribution in [0, 0.1) is 5.92 Å². The van der Waals surface area contributed by atoms with Crippen LogP contribution in [0.4, 0.5) is 5.69 Å². The number of Topliss-reactive ketones (excluding diaryl/α,β-unsaturated/α-hetero) is 1. The molecule has 1 aliphatic rings. The molecule has 1 heterocycles. The normalized spacial score (nSPS) is 21.1. The minimum absolute atomic E-state index is 0.300. The Balaban J connectivity index is 2.05. The molecule has 4 nitrogen and oxygen atoms in total. The lowest BCUT2D eigenvalue weighted by Crippen LogP contribution is -2.44. The third kappa shape index (κ3) is 2.12. The number of nitrogens with one attached hydrogen (secondary N) is 1. The zero-order valence-corrected chi connectivity index (χ0v) is 12.6. The van der Waals surface area contributed by atoms with Crippen LogP contribution < -0.4 is 5.32 Å². The van der Waals surface area contributed by atoms with Gasteiger partial charge >= 0.3 is 0 Å². The Hall–Kier alpha value is -2.17. The number of halogens is 1. The summed E-state index contributed by atoms with van der Waals surface area (Å²) in [5.74, 6) is -1.85. The van der Waals surface area contributed by atoms with Gasteiger partial charge in [0.15, 0.2) is 11.4 Å². The molecule has 112 valence electrons. The molecule has 1 amide bonds. The lowest BCUT2D eigenvalue weighted by Gasteiger charge is -2.27. The van der Waals surface area contributed by atoms with Crippen LogP contribution in [-0.2, 0) is 10.4 Å². The Kier molecular flexibility index (Phi) is 3.51. The predicted octanol–water partition coefficient (Wildman–Crippen LogP) is 3.00. The molecule has 0 saturated carbocycles. The number of benzene rings is 2. The van der Waals surface area contributed by atoms with E-state index in [1.165, 1.54) is 6.07 Å². The van der Waals surface area contributed by atoms with Crippen molar-refractivity contribution < 1.29 is 14.7 Å². The number of carbonyl (C=O) groups is 2. The summed E-state index contributed by atoms with van der Waals surface area (Å²) >= 11 is 5.96. The van der Waals surface area contributed by atoms with E-state index in [9.17, 15) is 14.7 Å². The number of ketones is 1. The Labute approximate surface area is 132 Å². The maximum Gasteiger partial charge on any atom is 0.261 e. The lowest BCUT2D eigenvalue weighted by molar-refractivity contribution is -0.137. The van der Waals surface area contributed by atoms with Crippen LogP contribution in [0.1, 0.15) is 22.8 Å². The van der Waals surface area contributed by atoms with Crippen molar-refractivity contribution in [2.45, 2.75) is 12.5 Å². The minimum atomic E-state index is -1.92. The van der Waals surface area contributed by atoms with Gasteiger partial charge in [0.1, 0.15) is 0 Å². The van der Waals surface area contributed by atoms with Crippen molar-refractivity contribution in [2.75, 3.05) is 5.32 Å². The summed E-state index contributed by atoms with van der Waals surface area (Å²) in [6.07, 6.45) is 0. The van der Waals surface area contributed by atoms with Crippen molar-refractivity contribution >= 4 is 29.0 Å². The molecule has 22 heavy (non-hydrogen) atoms. The van der Waals surface area contributed by atoms with Gasteiger partial charge in [-0.05, 0) is 18.2 Å². The van der Waals surface area contributed by atoms with E-state index in [0.29, 0.717) is 21.8 Å². The van der Waals surface area contributed by atoms with Crippen molar-refractivity contribution in [1.29, 1.82) is 0 Å². The fraction of sp³-hybridized carbons (Fsp3) is 0.176. The molecule has 0 spiro atoms. The highest BCUT2D eigenvalue weighted by Crippen LogP contribution is 2.43. The molecule has 5 heteroatoms. The van der Waals surface area contributed by atoms with E-state index in [1.54, 1.807) is 49.4 Å². The molecule has 0 fully saturated rings. The highest BCUT2D eigenvalue weighted by atomic mass is 35.5. The lowest BCUT2D eigenvalue weighted by atomic mass is 9.79. The average Bonchev–Trinajstić information content (AvgIpc) is 2.79. The summed E-state index contributed by atoms with van der Waals surface area (Å²) < 4.78 is 0. The molecule has 2 N–H and O–H groups in total. The van der Waals surface area contributed by atoms with Gasteiger partial charge < -0.3 is 10.4 Å². The second kappa shape index (κ2) is 5.23. The van der Waals surface area contributed by atoms with Crippen LogP contribution in [0.15, 0.2) is 48.5 Å². The van der Waals surface area contributed by atoms with E-state index in [0.717, 1.165) is 0 Å². The number of fused-ring (bicyclic) bond motifs is 1. The molecule has 0 saturated heterocycles. The van der Waals surface area contributed by atoms with Gasteiger partial charge in [0, 0.05) is 21.8 Å². The molecular weight excluding hydrogens is 302 g/mol. The standard InChI is InChI=1S/C17H14ClNO3/c1-10(15(20)11-5-3-2-4-6-11)17(22)13-9-12(18)7-8-14(13)19-16(17)21/h2-10,22H,1H3,(H,19,21)/t10-,17+/m1/s1. The molecule has 3 rings (SSSR count). The van der Waals surface area contributed by atoms with Crippen molar-refractivity contribution in [2.24, 2.45) is 5.92 Å². The van der Waals surface area contributed by atoms with Crippen LogP contribution >= 0.6 is 11.6 Å². The first-order valence-corrected chi connectivity index (χ1v) is 7.25. The maximum atomic E-state index is 12.6. The number of amides is 1. The topological polar surface area (TPSA) is 66.4 Å². The molecular formula is C17H14ClNO3. The van der Waals surface area contributed by atoms with Gasteiger partial charge in [0.05, 0.1) is 5.92 Å². The quantitative estimate of drug-likeness (QED) is 0.856. The fourth-order valence-electron chi connectivity index (χ4n) is 2.75. The van der Waals surface area contributed by atoms with Gasteiger partial charge in [-0.2, -0.15) is 0 Å². The fourth-order valence-corrected chi connectivity index (χ4v) is 2.92. The van der Waals surface area contributed by atoms with Crippen LogP contribution in [-0.4, -0.2) is 16.8 Å². The molecule has 2 aromatic carbocycles. The molecule has 0 aromatic heterocycles. The second-order valence-corrected chi connectivity index (χ2v) is 5.80. The van der Waals surface area contributed by atoms with Crippen molar-refractivity contribution in [1.82, 2.24) is 0 Å². The van der Waals surface area contributed by atoms with Crippen molar-refractivity contribution in [3.05, 3.63) is 64.7 Å².